The van der Waals surface area contributed by atoms with Gasteiger partial charge in [-0.2, -0.15) is 21.6 Å². The molecule has 1 saturated carbocycles. The number of rotatable bonds is 8. The van der Waals surface area contributed by atoms with Crippen molar-refractivity contribution in [1.82, 2.24) is 19.9 Å². The van der Waals surface area contributed by atoms with Crippen molar-refractivity contribution >= 4 is 29.1 Å². The first-order chi connectivity index (χ1) is 17.8. The molecule has 0 unspecified atom stereocenters. The number of nitrogens with one attached hydrogen (secondary N) is 1. The van der Waals surface area contributed by atoms with Crippen LogP contribution in [-0.4, -0.2) is 41.6 Å². The van der Waals surface area contributed by atoms with Crippen molar-refractivity contribution in [3.8, 4) is 5.82 Å². The zero-order valence-corrected chi connectivity index (χ0v) is 24.0. The van der Waals surface area contributed by atoms with Gasteiger partial charge in [0.25, 0.3) is 5.91 Å². The summed E-state index contributed by atoms with van der Waals surface area (Å²) >= 11 is 5.91. The fraction of sp³-hybridized carbons (Fsp3) is 0.654. The Hall–Kier alpha value is -2.27. The number of hydrogen-bond donors (Lipinski definition) is 1. The molecule has 0 aliphatic heterocycles. The first kappa shape index (κ1) is 31.9. The molecule has 0 saturated heterocycles. The van der Waals surface area contributed by atoms with E-state index in [9.17, 15) is 18.0 Å². The predicted molar refractivity (Wildman–Crippen MR) is 141 cm³/mol. The van der Waals surface area contributed by atoms with E-state index in [1.807, 2.05) is 13.8 Å². The molecule has 7 nitrogen and oxygen atoms in total. The van der Waals surface area contributed by atoms with Crippen molar-refractivity contribution in [3.63, 3.8) is 0 Å². The standard InChI is InChI=1S/C26H36ClF3N4O.O2S/c1-6-19-12-18(13-25(4,5)26(28,29)30)15-31-23(19)34-20(7-2)33-21(22(34)27)24(35)32-14-17-10-8-16(3)9-11-17;1-3-2/h12,15-17H,6-11,13-14H2,1-5H3,(H,32,35);. The molecule has 1 aliphatic rings. The summed E-state index contributed by atoms with van der Waals surface area (Å²) in [7, 11) is 0. The molecule has 0 atom stereocenters. The summed E-state index contributed by atoms with van der Waals surface area (Å²) in [6.45, 7) is 9.05. The van der Waals surface area contributed by atoms with Gasteiger partial charge in [0, 0.05) is 19.2 Å². The summed E-state index contributed by atoms with van der Waals surface area (Å²) in [5.74, 6) is 1.96. The fourth-order valence-electron chi connectivity index (χ4n) is 4.62. The quantitative estimate of drug-likeness (QED) is 0.412. The van der Waals surface area contributed by atoms with Crippen LogP contribution >= 0.6 is 11.6 Å². The molecule has 1 N–H and O–H groups in total. The molecule has 2 heterocycles. The van der Waals surface area contributed by atoms with Gasteiger partial charge in [-0.15, -0.1) is 0 Å². The van der Waals surface area contributed by atoms with E-state index in [1.54, 1.807) is 10.6 Å². The lowest BCUT2D eigenvalue weighted by atomic mass is 9.83. The predicted octanol–water partition coefficient (Wildman–Crippen LogP) is 6.06. The average molecular weight is 577 g/mol. The van der Waals surface area contributed by atoms with Gasteiger partial charge < -0.3 is 5.32 Å². The van der Waals surface area contributed by atoms with Gasteiger partial charge in [-0.1, -0.05) is 65.1 Å². The number of halogens is 4. The maximum atomic E-state index is 13.4. The van der Waals surface area contributed by atoms with Crippen molar-refractivity contribution in [2.75, 3.05) is 6.54 Å². The Kier molecular flexibility index (Phi) is 11.5. The van der Waals surface area contributed by atoms with Gasteiger partial charge in [-0.25, -0.2) is 9.97 Å². The third-order valence-electron chi connectivity index (χ3n) is 7.11. The van der Waals surface area contributed by atoms with E-state index < -0.39 is 23.2 Å². The largest absolute Gasteiger partial charge is 0.394 e. The van der Waals surface area contributed by atoms with Crippen molar-refractivity contribution in [2.45, 2.75) is 85.7 Å². The van der Waals surface area contributed by atoms with E-state index in [0.717, 1.165) is 24.3 Å². The van der Waals surface area contributed by atoms with Crippen LogP contribution in [0, 0.1) is 17.3 Å². The molecular formula is C26H36ClF3N4O3S. The zero-order valence-electron chi connectivity index (χ0n) is 22.5. The Balaban J connectivity index is 0.00000161. The van der Waals surface area contributed by atoms with Gasteiger partial charge in [0.15, 0.2) is 5.69 Å². The molecule has 3 rings (SSSR count). The van der Waals surface area contributed by atoms with Gasteiger partial charge in [-0.3, -0.25) is 9.36 Å². The fourth-order valence-corrected chi connectivity index (χ4v) is 4.92. The van der Waals surface area contributed by atoms with Gasteiger partial charge in [0.2, 0.25) is 0 Å². The van der Waals surface area contributed by atoms with E-state index in [2.05, 4.69) is 22.2 Å². The number of aryl methyl sites for hydroxylation is 2. The summed E-state index contributed by atoms with van der Waals surface area (Å²) in [5.41, 5.74) is -0.470. The molecule has 1 aliphatic carbocycles. The summed E-state index contributed by atoms with van der Waals surface area (Å²) in [4.78, 5) is 21.9. The zero-order chi connectivity index (χ0) is 28.7. The van der Waals surface area contributed by atoms with Gasteiger partial charge >= 0.3 is 17.7 Å². The molecule has 0 aromatic carbocycles. The van der Waals surface area contributed by atoms with Crippen molar-refractivity contribution < 1.29 is 26.4 Å². The van der Waals surface area contributed by atoms with E-state index in [0.29, 0.717) is 42.5 Å². The van der Waals surface area contributed by atoms with Gasteiger partial charge in [0.1, 0.15) is 16.8 Å². The van der Waals surface area contributed by atoms with Crippen LogP contribution in [-0.2, 0) is 30.8 Å². The Morgan fingerprint density at radius 1 is 1.16 bits per heavy atom. The topological polar surface area (TPSA) is 93.9 Å². The summed E-state index contributed by atoms with van der Waals surface area (Å²) < 4.78 is 58.4. The highest BCUT2D eigenvalue weighted by molar-refractivity contribution is 7.51. The Labute approximate surface area is 230 Å². The molecule has 212 valence electrons. The molecule has 1 fully saturated rings. The number of imidazole rings is 1. The highest BCUT2D eigenvalue weighted by Crippen LogP contribution is 2.40. The van der Waals surface area contributed by atoms with E-state index in [4.69, 9.17) is 20.0 Å². The number of nitrogens with zero attached hydrogens (tertiary/aromatic N) is 3. The second-order valence-electron chi connectivity index (χ2n) is 10.5. The van der Waals surface area contributed by atoms with Crippen molar-refractivity contribution in [3.05, 3.63) is 40.1 Å². The minimum atomic E-state index is -4.32. The van der Waals surface area contributed by atoms with E-state index in [-0.39, 0.29) is 23.2 Å². The van der Waals surface area contributed by atoms with Crippen LogP contribution in [0.1, 0.15) is 87.7 Å². The molecule has 0 radical (unpaired) electrons. The summed E-state index contributed by atoms with van der Waals surface area (Å²) in [6, 6.07) is 1.75. The van der Waals surface area contributed by atoms with Crippen LogP contribution in [0.2, 0.25) is 5.15 Å². The van der Waals surface area contributed by atoms with Crippen LogP contribution in [0.5, 0.6) is 0 Å². The Morgan fingerprint density at radius 2 is 1.76 bits per heavy atom. The molecule has 38 heavy (non-hydrogen) atoms. The number of aromatic nitrogens is 3. The minimum Gasteiger partial charge on any atom is -0.350 e. The third-order valence-corrected chi connectivity index (χ3v) is 7.46. The highest BCUT2D eigenvalue weighted by Gasteiger charge is 2.47. The van der Waals surface area contributed by atoms with Crippen LogP contribution in [0.4, 0.5) is 13.2 Å². The lowest BCUT2D eigenvalue weighted by Gasteiger charge is -2.28. The number of amides is 1. The lowest BCUT2D eigenvalue weighted by molar-refractivity contribution is -0.211. The highest BCUT2D eigenvalue weighted by atomic mass is 35.5. The van der Waals surface area contributed by atoms with Crippen LogP contribution in [0.3, 0.4) is 0 Å². The molecule has 0 spiro atoms. The number of hydrogen-bond acceptors (Lipinski definition) is 5. The Morgan fingerprint density at radius 3 is 2.29 bits per heavy atom. The van der Waals surface area contributed by atoms with Gasteiger partial charge in [-0.05, 0) is 48.6 Å². The minimum absolute atomic E-state index is 0.152. The second kappa shape index (κ2) is 13.7. The Bertz CT molecular complexity index is 1140. The number of carbonyl (C=O) groups excluding carboxylic acids is 1. The van der Waals surface area contributed by atoms with Crippen LogP contribution in [0.15, 0.2) is 12.3 Å². The molecule has 2 aromatic rings. The average Bonchev–Trinajstić information content (AvgIpc) is 3.19. The lowest BCUT2D eigenvalue weighted by Crippen LogP contribution is -2.34. The van der Waals surface area contributed by atoms with Crippen molar-refractivity contribution in [1.29, 1.82) is 0 Å². The maximum Gasteiger partial charge on any atom is 0.394 e. The molecular weight excluding hydrogens is 541 g/mol. The smallest absolute Gasteiger partial charge is 0.350 e. The summed E-state index contributed by atoms with van der Waals surface area (Å²) in [5, 5.41) is 3.16. The van der Waals surface area contributed by atoms with Crippen LogP contribution in [0.25, 0.3) is 5.82 Å². The van der Waals surface area contributed by atoms with Crippen LogP contribution < -0.4 is 5.32 Å². The second-order valence-corrected chi connectivity index (χ2v) is 11.0. The van der Waals surface area contributed by atoms with E-state index >= 15 is 0 Å². The molecule has 1 amide bonds. The summed E-state index contributed by atoms with van der Waals surface area (Å²) in [6.07, 6.45) is 2.58. The monoisotopic (exact) mass is 576 g/mol. The molecule has 12 heteroatoms. The molecule has 2 aromatic heterocycles. The first-order valence-corrected chi connectivity index (χ1v) is 13.9. The van der Waals surface area contributed by atoms with Crippen molar-refractivity contribution in [2.24, 2.45) is 17.3 Å². The molecule has 0 bridgehead atoms. The third kappa shape index (κ3) is 7.88. The maximum absolute atomic E-state index is 13.4. The first-order valence-electron chi connectivity index (χ1n) is 12.8. The van der Waals surface area contributed by atoms with E-state index in [1.165, 1.54) is 32.9 Å². The number of carbonyl (C=O) groups is 1. The number of alkyl halides is 3. The SMILES string of the molecule is CCc1cc(CC(C)(C)C(F)(F)F)cnc1-n1c(CC)nc(C(=O)NCC2CCC(C)CC2)c1Cl.O=S=O. The van der Waals surface area contributed by atoms with Gasteiger partial charge in [0.05, 0.1) is 5.41 Å². The number of pyridine rings is 1. The normalized spacial score (nSPS) is 17.9.